The second-order valence-electron chi connectivity index (χ2n) is 9.23. The van der Waals surface area contributed by atoms with Crippen LogP contribution in [0.2, 0.25) is 0 Å². The van der Waals surface area contributed by atoms with Gasteiger partial charge in [0.2, 0.25) is 15.9 Å². The lowest BCUT2D eigenvalue weighted by molar-refractivity contribution is -0.116. The predicted molar refractivity (Wildman–Crippen MR) is 135 cm³/mol. The molecule has 2 bridgehead atoms. The van der Waals surface area contributed by atoms with Gasteiger partial charge in [-0.3, -0.25) is 14.2 Å². The molecular formula is C23H23N3O4S4. The Hall–Kier alpha value is -1.92. The summed E-state index contributed by atoms with van der Waals surface area (Å²) in [6, 6.07) is 9.94. The SMILES string of the molecule is NS(=O)(=O)c1ccc(NC(=O)Cn2c3c(sc2=O)C(c2cccs2)C2C4CCC(C4)C2S3)cc1. The van der Waals surface area contributed by atoms with E-state index in [1.807, 2.05) is 11.8 Å². The number of nitrogens with zero attached hydrogens (tertiary/aromatic N) is 1. The van der Waals surface area contributed by atoms with Crippen LogP contribution in [0.4, 0.5) is 5.69 Å². The molecule has 34 heavy (non-hydrogen) atoms. The first-order valence-corrected chi connectivity index (χ1v) is 15.3. The summed E-state index contributed by atoms with van der Waals surface area (Å²) >= 11 is 4.85. The summed E-state index contributed by atoms with van der Waals surface area (Å²) in [5.41, 5.74) is 0.451. The number of hydrogen-bond donors (Lipinski definition) is 2. The fraction of sp³-hybridized carbons (Fsp3) is 0.391. The molecule has 1 aromatic carbocycles. The van der Waals surface area contributed by atoms with Gasteiger partial charge in [0.05, 0.1) is 9.92 Å². The van der Waals surface area contributed by atoms with Crippen molar-refractivity contribution in [2.75, 3.05) is 5.32 Å². The number of sulfonamides is 1. The second kappa shape index (κ2) is 8.34. The smallest absolute Gasteiger partial charge is 0.308 e. The fourth-order valence-electron chi connectivity index (χ4n) is 5.95. The molecule has 178 valence electrons. The monoisotopic (exact) mass is 533 g/mol. The topological polar surface area (TPSA) is 111 Å². The maximum absolute atomic E-state index is 13.1. The Kier molecular flexibility index (Phi) is 5.53. The number of primary sulfonamides is 1. The molecule has 5 unspecified atom stereocenters. The highest BCUT2D eigenvalue weighted by molar-refractivity contribution is 8.00. The Balaban J connectivity index is 1.29. The minimum Gasteiger partial charge on any atom is -0.325 e. The number of hydrogen-bond acceptors (Lipinski definition) is 7. The second-order valence-corrected chi connectivity index (χ2v) is 13.9. The summed E-state index contributed by atoms with van der Waals surface area (Å²) in [6.07, 6.45) is 3.82. The van der Waals surface area contributed by atoms with Gasteiger partial charge in [-0.1, -0.05) is 17.4 Å². The van der Waals surface area contributed by atoms with E-state index >= 15 is 0 Å². The van der Waals surface area contributed by atoms with Crippen LogP contribution in [0.3, 0.4) is 0 Å². The molecule has 3 aromatic rings. The van der Waals surface area contributed by atoms with Crippen molar-refractivity contribution in [1.82, 2.24) is 4.57 Å². The van der Waals surface area contributed by atoms with Crippen LogP contribution in [0.1, 0.15) is 34.9 Å². The van der Waals surface area contributed by atoms with Gasteiger partial charge in [-0.2, -0.15) is 0 Å². The fourth-order valence-corrected chi connectivity index (χ4v) is 10.6. The molecule has 3 heterocycles. The van der Waals surface area contributed by atoms with Crippen LogP contribution in [-0.4, -0.2) is 24.1 Å². The number of amides is 1. The normalized spacial score (nSPS) is 27.4. The maximum Gasteiger partial charge on any atom is 0.308 e. The largest absolute Gasteiger partial charge is 0.325 e. The van der Waals surface area contributed by atoms with Gasteiger partial charge >= 0.3 is 4.87 Å². The molecule has 0 saturated heterocycles. The van der Waals surface area contributed by atoms with Crippen LogP contribution in [0.15, 0.2) is 56.5 Å². The molecule has 6 rings (SSSR count). The minimum absolute atomic E-state index is 0.0231. The molecule has 1 amide bonds. The van der Waals surface area contributed by atoms with Crippen LogP contribution in [-0.2, 0) is 21.4 Å². The van der Waals surface area contributed by atoms with E-state index in [1.54, 1.807) is 15.9 Å². The number of nitrogens with one attached hydrogen (secondary N) is 1. The number of aromatic nitrogens is 1. The number of carbonyl (C=O) groups excluding carboxylic acids is 1. The summed E-state index contributed by atoms with van der Waals surface area (Å²) in [5, 5.41) is 11.4. The molecule has 3 N–H and O–H groups in total. The highest BCUT2D eigenvalue weighted by atomic mass is 32.2. The molecule has 5 atom stereocenters. The summed E-state index contributed by atoms with van der Waals surface area (Å²) < 4.78 is 24.5. The zero-order chi connectivity index (χ0) is 23.6. The highest BCUT2D eigenvalue weighted by Crippen LogP contribution is 2.64. The van der Waals surface area contributed by atoms with Gasteiger partial charge < -0.3 is 5.32 Å². The molecule has 7 nitrogen and oxygen atoms in total. The lowest BCUT2D eigenvalue weighted by atomic mass is 9.77. The van der Waals surface area contributed by atoms with E-state index in [1.165, 1.54) is 59.7 Å². The minimum atomic E-state index is -3.80. The molecule has 2 saturated carbocycles. The van der Waals surface area contributed by atoms with Gasteiger partial charge in [-0.15, -0.1) is 23.1 Å². The number of nitrogens with two attached hydrogens (primary N) is 1. The van der Waals surface area contributed by atoms with E-state index < -0.39 is 10.0 Å². The maximum atomic E-state index is 13.1. The summed E-state index contributed by atoms with van der Waals surface area (Å²) in [7, 11) is -3.80. The molecule has 2 fully saturated rings. The van der Waals surface area contributed by atoms with Crippen molar-refractivity contribution in [3.8, 4) is 0 Å². The van der Waals surface area contributed by atoms with Gasteiger partial charge in [0, 0.05) is 26.6 Å². The van der Waals surface area contributed by atoms with Crippen LogP contribution in [0, 0.1) is 17.8 Å². The summed E-state index contributed by atoms with van der Waals surface area (Å²) in [6.45, 7) is -0.0722. The van der Waals surface area contributed by atoms with Gasteiger partial charge in [0.1, 0.15) is 6.54 Å². The van der Waals surface area contributed by atoms with Crippen molar-refractivity contribution in [1.29, 1.82) is 0 Å². The lowest BCUT2D eigenvalue weighted by Gasteiger charge is -2.40. The Morgan fingerprint density at radius 1 is 1.15 bits per heavy atom. The third-order valence-corrected chi connectivity index (χ3v) is 12.0. The standard InChI is InChI=1S/C23H23N3O4S4/c24-34(29,30)15-7-5-14(6-8-15)25-17(27)11-26-22-21(33-23(26)28)19(16-2-1-9-31-16)18-12-3-4-13(10-12)20(18)32-22/h1-2,5-9,12-13,18-20H,3-4,10-11H2,(H,25,27)(H2,24,29,30). The first-order chi connectivity index (χ1) is 16.3. The number of fused-ring (bicyclic) bond motifs is 6. The van der Waals surface area contributed by atoms with Crippen molar-refractivity contribution >= 4 is 56.1 Å². The molecule has 0 spiro atoms. The Labute approximate surface area is 209 Å². The van der Waals surface area contributed by atoms with E-state index in [-0.39, 0.29) is 28.1 Å². The third-order valence-electron chi connectivity index (χ3n) is 7.31. The molecule has 2 aliphatic carbocycles. The third kappa shape index (κ3) is 3.78. The first-order valence-electron chi connectivity index (χ1n) is 11.2. The van der Waals surface area contributed by atoms with Crippen molar-refractivity contribution < 1.29 is 13.2 Å². The van der Waals surface area contributed by atoms with E-state index in [0.29, 0.717) is 22.8 Å². The molecule has 3 aliphatic rings. The van der Waals surface area contributed by atoms with Gasteiger partial charge in [-0.25, -0.2) is 13.6 Å². The van der Waals surface area contributed by atoms with Crippen LogP contribution >= 0.6 is 34.4 Å². The molecule has 2 aromatic heterocycles. The molecule has 0 radical (unpaired) electrons. The molecular weight excluding hydrogens is 511 g/mol. The van der Waals surface area contributed by atoms with Gasteiger partial charge in [0.25, 0.3) is 0 Å². The highest BCUT2D eigenvalue weighted by Gasteiger charge is 2.55. The van der Waals surface area contributed by atoms with Crippen LogP contribution in [0.5, 0.6) is 0 Å². The lowest BCUT2D eigenvalue weighted by Crippen LogP contribution is -2.34. The van der Waals surface area contributed by atoms with E-state index in [9.17, 15) is 18.0 Å². The van der Waals surface area contributed by atoms with Gasteiger partial charge in [-0.05, 0) is 72.7 Å². The summed E-state index contributed by atoms with van der Waals surface area (Å²) in [5.74, 6) is 1.88. The van der Waals surface area contributed by atoms with Gasteiger partial charge in [0.15, 0.2) is 0 Å². The average Bonchev–Trinajstić information content (AvgIpc) is 3.58. The number of benzene rings is 1. The van der Waals surface area contributed by atoms with Crippen molar-refractivity contribution in [3.63, 3.8) is 0 Å². The number of rotatable bonds is 5. The van der Waals surface area contributed by atoms with Crippen molar-refractivity contribution in [2.24, 2.45) is 22.9 Å². The first kappa shape index (κ1) is 22.5. The van der Waals surface area contributed by atoms with Crippen molar-refractivity contribution in [3.05, 3.63) is 61.2 Å². The number of thiazole rings is 1. The van der Waals surface area contributed by atoms with E-state index in [2.05, 4.69) is 22.8 Å². The van der Waals surface area contributed by atoms with E-state index in [4.69, 9.17) is 5.14 Å². The van der Waals surface area contributed by atoms with Crippen LogP contribution < -0.4 is 15.3 Å². The Morgan fingerprint density at radius 2 is 1.91 bits per heavy atom. The summed E-state index contributed by atoms with van der Waals surface area (Å²) in [4.78, 5) is 28.2. The number of thiophene rings is 1. The van der Waals surface area contributed by atoms with Crippen LogP contribution in [0.25, 0.3) is 0 Å². The quantitative estimate of drug-likeness (QED) is 0.517. The molecule has 11 heteroatoms. The Morgan fingerprint density at radius 3 is 2.62 bits per heavy atom. The predicted octanol–water partition coefficient (Wildman–Crippen LogP) is 3.91. The van der Waals surface area contributed by atoms with E-state index in [0.717, 1.165) is 15.8 Å². The van der Waals surface area contributed by atoms with Crippen molar-refractivity contribution in [2.45, 2.75) is 46.9 Å². The zero-order valence-corrected chi connectivity index (χ0v) is 21.3. The average molecular weight is 534 g/mol. The molecule has 1 aliphatic heterocycles. The Bertz CT molecular complexity index is 1410. The number of carbonyl (C=O) groups is 1. The number of anilines is 1. The number of thioether (sulfide) groups is 1. The zero-order valence-electron chi connectivity index (χ0n) is 18.0.